The first-order valence-corrected chi connectivity index (χ1v) is 20.0. The predicted octanol–water partition coefficient (Wildman–Crippen LogP) is 5.94. The fourth-order valence-corrected chi connectivity index (χ4v) is 9.05. The first-order valence-electron chi connectivity index (χ1n) is 18.4. The summed E-state index contributed by atoms with van der Waals surface area (Å²) in [7, 11) is 6.01. The summed E-state index contributed by atoms with van der Waals surface area (Å²) in [6.45, 7) is 4.34. The van der Waals surface area contributed by atoms with Gasteiger partial charge in [-0.05, 0) is 68.9 Å². The maximum absolute atomic E-state index is 4.62. The fraction of sp³-hybridized carbons (Fsp3) is 0.351. The van der Waals surface area contributed by atoms with E-state index in [2.05, 4.69) is 66.8 Å². The van der Waals surface area contributed by atoms with E-state index in [0.29, 0.717) is 11.8 Å². The number of anilines is 4. The van der Waals surface area contributed by atoms with Crippen LogP contribution in [-0.4, -0.2) is 95.2 Å². The molecule has 282 valence electrons. The summed E-state index contributed by atoms with van der Waals surface area (Å²) in [5.74, 6) is 2.48. The normalized spacial score (nSPS) is 17.7. The molecule has 18 heteroatoms. The van der Waals surface area contributed by atoms with Gasteiger partial charge in [-0.25, -0.2) is 19.9 Å². The quantitative estimate of drug-likeness (QED) is 0.167. The minimum Gasteiger partial charge on any atom is -0.327 e. The first-order chi connectivity index (χ1) is 27.0. The van der Waals surface area contributed by atoms with Crippen molar-refractivity contribution in [2.75, 3.05) is 43.9 Å². The molecule has 55 heavy (non-hydrogen) atoms. The van der Waals surface area contributed by atoms with Crippen molar-refractivity contribution in [3.05, 3.63) is 85.5 Å². The van der Waals surface area contributed by atoms with Crippen molar-refractivity contribution in [2.45, 2.75) is 37.5 Å². The topological polar surface area (TPSA) is 161 Å². The summed E-state index contributed by atoms with van der Waals surface area (Å²) in [6, 6.07) is 0. The van der Waals surface area contributed by atoms with Gasteiger partial charge in [-0.3, -0.25) is 18.2 Å². The largest absolute Gasteiger partial charge is 0.327 e. The third-order valence-corrected chi connectivity index (χ3v) is 11.8. The Morgan fingerprint density at radius 3 is 1.75 bits per heavy atom. The summed E-state index contributed by atoms with van der Waals surface area (Å²) in [4.78, 5) is 20.7. The van der Waals surface area contributed by atoms with Crippen LogP contribution in [-0.2, 0) is 14.1 Å². The second-order valence-corrected chi connectivity index (χ2v) is 15.7. The van der Waals surface area contributed by atoms with Crippen LogP contribution in [0.5, 0.6) is 0 Å². The second kappa shape index (κ2) is 15.3. The molecule has 2 aliphatic heterocycles. The van der Waals surface area contributed by atoms with Gasteiger partial charge in [0, 0.05) is 111 Å². The van der Waals surface area contributed by atoms with Gasteiger partial charge in [0.15, 0.2) is 22.9 Å². The van der Waals surface area contributed by atoms with Crippen LogP contribution in [0.3, 0.4) is 0 Å². The zero-order valence-corrected chi connectivity index (χ0v) is 32.5. The summed E-state index contributed by atoms with van der Waals surface area (Å²) >= 11 is 2.96. The van der Waals surface area contributed by atoms with Gasteiger partial charge in [0.1, 0.15) is 10.0 Å². The highest BCUT2D eigenvalue weighted by Gasteiger charge is 2.24. The van der Waals surface area contributed by atoms with Crippen LogP contribution in [0.2, 0.25) is 0 Å². The summed E-state index contributed by atoms with van der Waals surface area (Å²) < 4.78 is 16.5. The highest BCUT2D eigenvalue weighted by Crippen LogP contribution is 2.37. The van der Waals surface area contributed by atoms with Crippen LogP contribution >= 0.6 is 23.1 Å². The van der Waals surface area contributed by atoms with Crippen LogP contribution in [0.1, 0.15) is 48.6 Å². The number of aromatic nitrogens is 12. The van der Waals surface area contributed by atoms with Crippen LogP contribution < -0.4 is 16.0 Å². The molecule has 10 heterocycles. The highest BCUT2D eigenvalue weighted by atomic mass is 32.1. The molecule has 3 N–H and O–H groups in total. The Morgan fingerprint density at radius 1 is 0.673 bits per heavy atom. The van der Waals surface area contributed by atoms with Gasteiger partial charge < -0.3 is 20.9 Å². The Labute approximate surface area is 325 Å². The van der Waals surface area contributed by atoms with E-state index >= 15 is 0 Å². The molecule has 2 fully saturated rings. The van der Waals surface area contributed by atoms with Crippen LogP contribution in [0.15, 0.2) is 74.4 Å². The minimum absolute atomic E-state index is 0.491. The Morgan fingerprint density at radius 2 is 1.24 bits per heavy atom. The van der Waals surface area contributed by atoms with Gasteiger partial charge in [0.25, 0.3) is 0 Å². The maximum atomic E-state index is 4.62. The lowest BCUT2D eigenvalue weighted by Gasteiger charge is -2.29. The number of aryl methyl sites for hydroxylation is 2. The SMILES string of the molecule is CN1CCCC(c2cnsc2Nc2nccn3c(-c4cnn(C)c4)cnc23)C1.Cn1cc(-c2cnc3c(Nc4sncc4C4CCCNC4)nccn23)cn1. The van der Waals surface area contributed by atoms with E-state index < -0.39 is 0 Å². The van der Waals surface area contributed by atoms with E-state index in [-0.39, 0.29) is 0 Å². The standard InChI is InChI=1S/C19H22N8S.C18H20N8S/c1-25-6-3-4-13(11-25)15-9-23-28-19(15)24-17-18-21-10-16(27(18)7-5-20-17)14-8-22-26(2)12-14;1-25-11-13(8-22-25)15-10-21-17-16(20-5-6-26(15)17)24-18-14(9-23-27-18)12-3-2-4-19-7-12/h5,7-10,12-13H,3-4,6,11H2,1-2H3,(H,20,24);5-6,8-12,19H,2-4,7H2,1H3,(H,20,24). The average Bonchev–Trinajstić information content (AvgIpc) is 4.06. The molecule has 8 aromatic rings. The molecule has 2 atom stereocenters. The van der Waals surface area contributed by atoms with Crippen LogP contribution in [0.25, 0.3) is 33.8 Å². The van der Waals surface area contributed by atoms with Gasteiger partial charge in [0.2, 0.25) is 0 Å². The molecule has 0 amide bonds. The van der Waals surface area contributed by atoms with E-state index in [1.54, 1.807) is 21.8 Å². The summed E-state index contributed by atoms with van der Waals surface area (Å²) in [6.07, 6.45) is 27.6. The van der Waals surface area contributed by atoms with E-state index in [9.17, 15) is 0 Å². The number of hydrogen-bond acceptors (Lipinski definition) is 14. The van der Waals surface area contributed by atoms with Crippen molar-refractivity contribution < 1.29 is 0 Å². The van der Waals surface area contributed by atoms with Crippen molar-refractivity contribution in [3.8, 4) is 22.5 Å². The fourth-order valence-electron chi connectivity index (χ4n) is 7.57. The number of piperidine rings is 2. The number of fused-ring (bicyclic) bond motifs is 2. The van der Waals surface area contributed by atoms with Gasteiger partial charge in [-0.2, -0.15) is 18.9 Å². The first kappa shape index (κ1) is 35.2. The van der Waals surface area contributed by atoms with E-state index in [4.69, 9.17) is 0 Å². The molecule has 0 bridgehead atoms. The van der Waals surface area contributed by atoms with Gasteiger partial charge in [-0.15, -0.1) is 0 Å². The van der Waals surface area contributed by atoms with Crippen molar-refractivity contribution >= 4 is 56.0 Å². The molecule has 0 aromatic carbocycles. The number of imidazole rings is 2. The number of rotatable bonds is 8. The van der Waals surface area contributed by atoms with E-state index in [1.165, 1.54) is 66.4 Å². The third kappa shape index (κ3) is 7.20. The lowest BCUT2D eigenvalue weighted by atomic mass is 9.93. The Hall–Kier alpha value is -5.56. The zero-order valence-electron chi connectivity index (χ0n) is 30.9. The van der Waals surface area contributed by atoms with E-state index in [1.807, 2.05) is 84.9 Å². The Bertz CT molecular complexity index is 2530. The lowest BCUT2D eigenvalue weighted by molar-refractivity contribution is 0.251. The molecule has 0 saturated carbocycles. The van der Waals surface area contributed by atoms with Crippen LogP contribution in [0.4, 0.5) is 21.6 Å². The number of nitrogens with one attached hydrogen (secondary N) is 3. The van der Waals surface area contributed by atoms with Crippen molar-refractivity contribution in [3.63, 3.8) is 0 Å². The molecule has 2 saturated heterocycles. The van der Waals surface area contributed by atoms with Gasteiger partial charge >= 0.3 is 0 Å². The molecule has 2 unspecified atom stereocenters. The van der Waals surface area contributed by atoms with Crippen molar-refractivity contribution in [1.29, 1.82) is 0 Å². The van der Waals surface area contributed by atoms with Gasteiger partial charge in [-0.1, -0.05) is 0 Å². The maximum Gasteiger partial charge on any atom is 0.180 e. The lowest BCUT2D eigenvalue weighted by Crippen LogP contribution is -2.30. The molecular weight excluding hydrogens is 733 g/mol. The van der Waals surface area contributed by atoms with Gasteiger partial charge in [0.05, 0.1) is 36.2 Å². The molecule has 2 aliphatic rings. The zero-order chi connectivity index (χ0) is 37.3. The number of nitrogens with zero attached hydrogens (tertiary/aromatic N) is 13. The third-order valence-electron chi connectivity index (χ3n) is 10.3. The van der Waals surface area contributed by atoms with Crippen molar-refractivity contribution in [2.24, 2.45) is 14.1 Å². The van der Waals surface area contributed by atoms with Crippen LogP contribution in [0, 0.1) is 0 Å². The van der Waals surface area contributed by atoms with E-state index in [0.717, 1.165) is 75.1 Å². The molecule has 16 nitrogen and oxygen atoms in total. The molecule has 0 aliphatic carbocycles. The molecule has 0 radical (unpaired) electrons. The molecule has 8 aromatic heterocycles. The smallest absolute Gasteiger partial charge is 0.180 e. The average molecular weight is 775 g/mol. The molecular formula is C37H42N16S2. The summed E-state index contributed by atoms with van der Waals surface area (Å²) in [5.41, 5.74) is 8.15. The van der Waals surface area contributed by atoms with Crippen molar-refractivity contribution in [1.82, 2.24) is 67.3 Å². The molecule has 0 spiro atoms. The Kier molecular flexibility index (Phi) is 9.77. The predicted molar refractivity (Wildman–Crippen MR) is 215 cm³/mol. The number of likely N-dealkylation sites (tertiary alicyclic amines) is 1. The second-order valence-electron chi connectivity index (χ2n) is 14.1. The highest BCUT2D eigenvalue weighted by molar-refractivity contribution is 7.10. The summed E-state index contributed by atoms with van der Waals surface area (Å²) in [5, 5.41) is 21.1. The monoisotopic (exact) mass is 774 g/mol. The minimum atomic E-state index is 0.491. The Balaban J connectivity index is 0.000000144. The number of hydrogen-bond donors (Lipinski definition) is 3. The number of likely N-dealkylation sites (N-methyl/N-ethyl adjacent to an activating group) is 1. The molecule has 10 rings (SSSR count).